The standard InChI is InChI=1S/C14H20N2O4S/c1-9(21-3)14(18)16-7-10-4-5-11(12(6-10)19-2)20-8-13(15)17/h4-6,9H,7-8H2,1-3H3,(H2,15,17)(H,16,18)/t9-/m0/s1. The summed E-state index contributed by atoms with van der Waals surface area (Å²) in [5.74, 6) is 0.347. The maximum atomic E-state index is 11.7. The molecule has 116 valence electrons. The molecule has 0 saturated carbocycles. The number of carbonyl (C=O) groups excluding carboxylic acids is 2. The van der Waals surface area contributed by atoms with Gasteiger partial charge in [-0.15, -0.1) is 0 Å². The molecule has 1 aromatic rings. The Morgan fingerprint density at radius 2 is 2.10 bits per heavy atom. The number of benzene rings is 1. The normalized spacial score (nSPS) is 11.6. The molecule has 0 radical (unpaired) electrons. The van der Waals surface area contributed by atoms with E-state index in [1.165, 1.54) is 18.9 Å². The SMILES string of the molecule is COc1cc(CNC(=O)[C@H](C)SC)ccc1OCC(N)=O. The van der Waals surface area contributed by atoms with Gasteiger partial charge in [0.15, 0.2) is 18.1 Å². The quantitative estimate of drug-likeness (QED) is 0.745. The summed E-state index contributed by atoms with van der Waals surface area (Å²) in [6, 6.07) is 5.23. The van der Waals surface area contributed by atoms with Crippen LogP contribution in [0.3, 0.4) is 0 Å². The number of thioether (sulfide) groups is 1. The summed E-state index contributed by atoms with van der Waals surface area (Å²) in [5.41, 5.74) is 5.90. The van der Waals surface area contributed by atoms with E-state index in [2.05, 4.69) is 5.32 Å². The fraction of sp³-hybridized carbons (Fsp3) is 0.429. The number of nitrogens with two attached hydrogens (primary N) is 1. The number of amides is 2. The van der Waals surface area contributed by atoms with Crippen molar-refractivity contribution in [2.24, 2.45) is 5.73 Å². The van der Waals surface area contributed by atoms with E-state index in [0.717, 1.165) is 5.56 Å². The van der Waals surface area contributed by atoms with Gasteiger partial charge >= 0.3 is 0 Å². The lowest BCUT2D eigenvalue weighted by atomic mass is 10.2. The highest BCUT2D eigenvalue weighted by Crippen LogP contribution is 2.28. The first-order valence-electron chi connectivity index (χ1n) is 6.36. The molecule has 0 spiro atoms. The fourth-order valence-corrected chi connectivity index (χ4v) is 1.83. The third-order valence-electron chi connectivity index (χ3n) is 2.79. The topological polar surface area (TPSA) is 90.7 Å². The first-order chi connectivity index (χ1) is 9.97. The lowest BCUT2D eigenvalue weighted by Gasteiger charge is -2.13. The van der Waals surface area contributed by atoms with Gasteiger partial charge in [-0.1, -0.05) is 6.07 Å². The smallest absolute Gasteiger partial charge is 0.255 e. The van der Waals surface area contributed by atoms with E-state index in [9.17, 15) is 9.59 Å². The Morgan fingerprint density at radius 1 is 1.38 bits per heavy atom. The molecule has 0 bridgehead atoms. The molecule has 0 aliphatic heterocycles. The molecule has 0 aromatic heterocycles. The molecule has 3 N–H and O–H groups in total. The highest BCUT2D eigenvalue weighted by molar-refractivity contribution is 7.99. The van der Waals surface area contributed by atoms with Crippen molar-refractivity contribution in [2.75, 3.05) is 20.0 Å². The Morgan fingerprint density at radius 3 is 2.67 bits per heavy atom. The fourth-order valence-electron chi connectivity index (χ4n) is 1.53. The van der Waals surface area contributed by atoms with Gasteiger partial charge in [0.05, 0.1) is 12.4 Å². The van der Waals surface area contributed by atoms with E-state index in [-0.39, 0.29) is 17.8 Å². The Hall–Kier alpha value is -1.89. The number of hydrogen-bond donors (Lipinski definition) is 2. The maximum Gasteiger partial charge on any atom is 0.255 e. The summed E-state index contributed by atoms with van der Waals surface area (Å²) in [4.78, 5) is 22.4. The lowest BCUT2D eigenvalue weighted by Crippen LogP contribution is -2.30. The van der Waals surface area contributed by atoms with Crippen LogP contribution < -0.4 is 20.5 Å². The molecule has 6 nitrogen and oxygen atoms in total. The predicted octanol–water partition coefficient (Wildman–Crippen LogP) is 0.927. The zero-order chi connectivity index (χ0) is 15.8. The van der Waals surface area contributed by atoms with Crippen LogP contribution in [0.2, 0.25) is 0 Å². The summed E-state index contributed by atoms with van der Waals surface area (Å²) < 4.78 is 10.4. The van der Waals surface area contributed by atoms with Crippen molar-refractivity contribution >= 4 is 23.6 Å². The van der Waals surface area contributed by atoms with E-state index in [1.807, 2.05) is 13.2 Å². The van der Waals surface area contributed by atoms with Crippen LogP contribution in [-0.2, 0) is 16.1 Å². The molecule has 0 heterocycles. The van der Waals surface area contributed by atoms with Crippen molar-refractivity contribution in [3.63, 3.8) is 0 Å². The van der Waals surface area contributed by atoms with Crippen LogP contribution in [0.15, 0.2) is 18.2 Å². The van der Waals surface area contributed by atoms with Gasteiger partial charge in [0.1, 0.15) is 0 Å². The predicted molar refractivity (Wildman–Crippen MR) is 82.5 cm³/mol. The molecular weight excluding hydrogens is 292 g/mol. The Bertz CT molecular complexity index is 508. The molecule has 1 atom stereocenters. The van der Waals surface area contributed by atoms with E-state index >= 15 is 0 Å². The molecule has 0 aliphatic carbocycles. The van der Waals surface area contributed by atoms with E-state index < -0.39 is 5.91 Å². The van der Waals surface area contributed by atoms with Crippen LogP contribution in [0, 0.1) is 0 Å². The number of primary amides is 1. The first-order valence-corrected chi connectivity index (χ1v) is 7.65. The number of carbonyl (C=O) groups is 2. The van der Waals surface area contributed by atoms with Gasteiger partial charge in [-0.25, -0.2) is 0 Å². The van der Waals surface area contributed by atoms with E-state index in [4.69, 9.17) is 15.2 Å². The van der Waals surface area contributed by atoms with Gasteiger partial charge < -0.3 is 20.5 Å². The first kappa shape index (κ1) is 17.2. The van der Waals surface area contributed by atoms with Crippen LogP contribution in [0.1, 0.15) is 12.5 Å². The van der Waals surface area contributed by atoms with Crippen LogP contribution in [0.4, 0.5) is 0 Å². The summed E-state index contributed by atoms with van der Waals surface area (Å²) in [6.45, 7) is 2.04. The van der Waals surface area contributed by atoms with E-state index in [0.29, 0.717) is 18.0 Å². The minimum absolute atomic E-state index is 0.0180. The molecule has 7 heteroatoms. The zero-order valence-corrected chi connectivity index (χ0v) is 13.2. The van der Waals surface area contributed by atoms with Gasteiger partial charge in [-0.05, 0) is 30.9 Å². The maximum absolute atomic E-state index is 11.7. The Kier molecular flexibility index (Phi) is 6.87. The summed E-state index contributed by atoms with van der Waals surface area (Å²) in [5, 5.41) is 2.75. The van der Waals surface area contributed by atoms with Crippen molar-refractivity contribution < 1.29 is 19.1 Å². The van der Waals surface area contributed by atoms with Crippen LogP contribution in [-0.4, -0.2) is 37.0 Å². The molecule has 0 unspecified atom stereocenters. The number of methoxy groups -OCH3 is 1. The number of rotatable bonds is 8. The van der Waals surface area contributed by atoms with Gasteiger partial charge in [-0.3, -0.25) is 9.59 Å². The second-order valence-electron chi connectivity index (χ2n) is 4.34. The molecule has 1 rings (SSSR count). The molecule has 2 amide bonds. The highest BCUT2D eigenvalue weighted by Gasteiger charge is 2.11. The average Bonchev–Trinajstić information content (AvgIpc) is 2.49. The van der Waals surface area contributed by atoms with Gasteiger partial charge in [0.2, 0.25) is 5.91 Å². The zero-order valence-electron chi connectivity index (χ0n) is 12.3. The largest absolute Gasteiger partial charge is 0.493 e. The van der Waals surface area contributed by atoms with Gasteiger partial charge in [-0.2, -0.15) is 11.8 Å². The Labute approximate surface area is 128 Å². The van der Waals surface area contributed by atoms with Crippen molar-refractivity contribution in [3.05, 3.63) is 23.8 Å². The van der Waals surface area contributed by atoms with Gasteiger partial charge in [0.25, 0.3) is 5.91 Å². The minimum Gasteiger partial charge on any atom is -0.493 e. The summed E-state index contributed by atoms with van der Waals surface area (Å²) >= 11 is 1.49. The molecular formula is C14H20N2O4S. The van der Waals surface area contributed by atoms with Crippen LogP contribution in [0.25, 0.3) is 0 Å². The molecule has 0 aliphatic rings. The number of nitrogens with one attached hydrogen (secondary N) is 1. The van der Waals surface area contributed by atoms with E-state index in [1.54, 1.807) is 18.2 Å². The lowest BCUT2D eigenvalue weighted by molar-refractivity contribution is -0.121. The third-order valence-corrected chi connectivity index (χ3v) is 3.71. The van der Waals surface area contributed by atoms with Crippen molar-refractivity contribution in [2.45, 2.75) is 18.7 Å². The van der Waals surface area contributed by atoms with Crippen LogP contribution >= 0.6 is 11.8 Å². The van der Waals surface area contributed by atoms with Gasteiger partial charge in [0, 0.05) is 6.54 Å². The molecule has 1 aromatic carbocycles. The highest BCUT2D eigenvalue weighted by atomic mass is 32.2. The molecule has 21 heavy (non-hydrogen) atoms. The number of ether oxygens (including phenoxy) is 2. The average molecular weight is 312 g/mol. The monoisotopic (exact) mass is 312 g/mol. The number of hydrogen-bond acceptors (Lipinski definition) is 5. The molecule has 0 fully saturated rings. The van der Waals surface area contributed by atoms with Crippen molar-refractivity contribution in [1.29, 1.82) is 0 Å². The third kappa shape index (κ3) is 5.55. The summed E-state index contributed by atoms with van der Waals surface area (Å²) in [6.07, 6.45) is 1.89. The van der Waals surface area contributed by atoms with Crippen LogP contribution in [0.5, 0.6) is 11.5 Å². The second-order valence-corrected chi connectivity index (χ2v) is 5.51. The van der Waals surface area contributed by atoms with Crippen molar-refractivity contribution in [1.82, 2.24) is 5.32 Å². The molecule has 0 saturated heterocycles. The second kappa shape index (κ2) is 8.41. The minimum atomic E-state index is -0.556. The summed E-state index contributed by atoms with van der Waals surface area (Å²) in [7, 11) is 1.50. The van der Waals surface area contributed by atoms with Crippen molar-refractivity contribution in [3.8, 4) is 11.5 Å². The Balaban J connectivity index is 2.69.